The van der Waals surface area contributed by atoms with Crippen LogP contribution in [0.1, 0.15) is 23.9 Å². The summed E-state index contributed by atoms with van der Waals surface area (Å²) in [6.07, 6.45) is 1.59. The minimum Gasteiger partial charge on any atom is -0.505 e. The van der Waals surface area contributed by atoms with Crippen LogP contribution >= 0.6 is 0 Å². The molecule has 0 aliphatic carbocycles. The fourth-order valence-corrected chi connectivity index (χ4v) is 5.37. The molecule has 4 heterocycles. The van der Waals surface area contributed by atoms with E-state index in [1.807, 2.05) is 25.1 Å². The minimum absolute atomic E-state index is 0.214. The van der Waals surface area contributed by atoms with Crippen LogP contribution in [-0.2, 0) is 19.4 Å². The number of aromatic amines is 2. The van der Waals surface area contributed by atoms with Crippen molar-refractivity contribution in [1.29, 1.82) is 0 Å². The van der Waals surface area contributed by atoms with Crippen molar-refractivity contribution in [3.63, 3.8) is 0 Å². The molecule has 2 aliphatic heterocycles. The largest absolute Gasteiger partial charge is 0.505 e. The van der Waals surface area contributed by atoms with Crippen LogP contribution in [0.4, 0.5) is 4.39 Å². The third-order valence-electron chi connectivity index (χ3n) is 7.38. The number of benzene rings is 2. The number of likely N-dealkylation sites (tertiary alicyclic amines) is 1. The Hall–Kier alpha value is -3.27. The van der Waals surface area contributed by atoms with Gasteiger partial charge in [-0.1, -0.05) is 13.0 Å². The lowest BCUT2D eigenvalue weighted by Crippen LogP contribution is -2.60. The Labute approximate surface area is 202 Å². The van der Waals surface area contributed by atoms with E-state index in [2.05, 4.69) is 25.0 Å². The van der Waals surface area contributed by atoms with Gasteiger partial charge in [-0.05, 0) is 47.4 Å². The average molecular weight is 477 g/mol. The van der Waals surface area contributed by atoms with E-state index in [0.717, 1.165) is 89.6 Å². The molecule has 6 rings (SSSR count). The van der Waals surface area contributed by atoms with Gasteiger partial charge in [0.15, 0.2) is 17.4 Å². The highest BCUT2D eigenvalue weighted by Crippen LogP contribution is 2.34. The molecule has 182 valence electrons. The molecule has 0 bridgehead atoms. The average Bonchev–Trinajstić information content (AvgIpc) is 3.45. The van der Waals surface area contributed by atoms with Crippen molar-refractivity contribution in [3.05, 3.63) is 53.1 Å². The SMILES string of the molecule is CCc1cc(O)c(F)cc1-c1ccc2c(-c3nc4c([nH]3)CN(C3CN(CCO)C3)CC4)n[nH]c2c1. The first-order valence-electron chi connectivity index (χ1n) is 12.2. The molecule has 0 radical (unpaired) electrons. The molecule has 2 aromatic heterocycles. The van der Waals surface area contributed by atoms with Gasteiger partial charge in [0, 0.05) is 50.6 Å². The summed E-state index contributed by atoms with van der Waals surface area (Å²) in [6.45, 7) is 6.80. The van der Waals surface area contributed by atoms with Crippen molar-refractivity contribution in [2.75, 3.05) is 32.8 Å². The number of aromatic nitrogens is 4. The highest BCUT2D eigenvalue weighted by atomic mass is 19.1. The first-order chi connectivity index (χ1) is 17.0. The molecule has 4 N–H and O–H groups in total. The molecule has 2 aromatic carbocycles. The molecular formula is C26H29FN6O2. The number of β-amino-alcohol motifs (C(OH)–C–C–N with tert-alkyl or cyclic N) is 1. The second-order valence-electron chi connectivity index (χ2n) is 9.52. The number of imidazole rings is 1. The topological polar surface area (TPSA) is 104 Å². The van der Waals surface area contributed by atoms with Crippen LogP contribution in [0.2, 0.25) is 0 Å². The summed E-state index contributed by atoms with van der Waals surface area (Å²) in [4.78, 5) is 13.2. The molecule has 0 atom stereocenters. The van der Waals surface area contributed by atoms with Gasteiger partial charge in [0.25, 0.3) is 0 Å². The molecule has 1 saturated heterocycles. The summed E-state index contributed by atoms with van der Waals surface area (Å²) in [5.41, 5.74) is 6.39. The quantitative estimate of drug-likeness (QED) is 0.341. The predicted molar refractivity (Wildman–Crippen MR) is 132 cm³/mol. The summed E-state index contributed by atoms with van der Waals surface area (Å²) in [7, 11) is 0. The standard InChI is InChI=1S/C26H29FN6O2/c1-2-15-10-24(35)20(27)11-19(15)16-3-4-18-22(9-16)30-31-25(18)26-28-21-5-6-33(14-23(21)29-26)17-12-32(13-17)7-8-34/h3-4,9-11,17,34-35H,2,5-8,12-14H2,1H3,(H,28,29)(H,30,31). The van der Waals surface area contributed by atoms with Gasteiger partial charge in [0.05, 0.1) is 23.5 Å². The Bertz CT molecular complexity index is 1390. The maximum absolute atomic E-state index is 14.1. The Morgan fingerprint density at radius 2 is 2.06 bits per heavy atom. The number of nitrogens with zero attached hydrogens (tertiary/aromatic N) is 4. The lowest BCUT2D eigenvalue weighted by Gasteiger charge is -2.46. The summed E-state index contributed by atoms with van der Waals surface area (Å²) in [5, 5.41) is 27.5. The van der Waals surface area contributed by atoms with Gasteiger partial charge >= 0.3 is 0 Å². The van der Waals surface area contributed by atoms with Crippen molar-refractivity contribution < 1.29 is 14.6 Å². The van der Waals surface area contributed by atoms with Crippen molar-refractivity contribution in [1.82, 2.24) is 30.0 Å². The molecule has 0 amide bonds. The molecule has 0 saturated carbocycles. The highest BCUT2D eigenvalue weighted by Gasteiger charge is 2.34. The first-order valence-corrected chi connectivity index (χ1v) is 12.2. The number of fused-ring (bicyclic) bond motifs is 2. The molecule has 0 unspecified atom stereocenters. The number of aliphatic hydroxyl groups is 1. The van der Waals surface area contributed by atoms with E-state index in [9.17, 15) is 9.50 Å². The molecule has 0 spiro atoms. The lowest BCUT2D eigenvalue weighted by atomic mass is 9.96. The van der Waals surface area contributed by atoms with E-state index in [-0.39, 0.29) is 12.4 Å². The fourth-order valence-electron chi connectivity index (χ4n) is 5.37. The number of hydrogen-bond donors (Lipinski definition) is 4. The molecular weight excluding hydrogens is 447 g/mol. The molecule has 4 aromatic rings. The third-order valence-corrected chi connectivity index (χ3v) is 7.38. The van der Waals surface area contributed by atoms with E-state index in [1.54, 1.807) is 0 Å². The van der Waals surface area contributed by atoms with Gasteiger partial charge in [-0.25, -0.2) is 9.37 Å². The Kier molecular flexibility index (Phi) is 5.55. The number of aliphatic hydroxyl groups excluding tert-OH is 1. The zero-order valence-corrected chi connectivity index (χ0v) is 19.7. The van der Waals surface area contributed by atoms with E-state index in [1.165, 1.54) is 12.1 Å². The number of halogens is 1. The monoisotopic (exact) mass is 476 g/mol. The molecule has 8 nitrogen and oxygen atoms in total. The molecule has 35 heavy (non-hydrogen) atoms. The predicted octanol–water partition coefficient (Wildman–Crippen LogP) is 3.06. The Morgan fingerprint density at radius 1 is 1.20 bits per heavy atom. The number of rotatable bonds is 6. The van der Waals surface area contributed by atoms with Crippen LogP contribution in [0.5, 0.6) is 5.75 Å². The summed E-state index contributed by atoms with van der Waals surface area (Å²) < 4.78 is 14.1. The van der Waals surface area contributed by atoms with Crippen LogP contribution in [0, 0.1) is 5.82 Å². The maximum Gasteiger partial charge on any atom is 0.165 e. The first kappa shape index (κ1) is 22.2. The van der Waals surface area contributed by atoms with Gasteiger partial charge in [0.2, 0.25) is 0 Å². The van der Waals surface area contributed by atoms with E-state index < -0.39 is 5.82 Å². The van der Waals surface area contributed by atoms with Gasteiger partial charge in [-0.3, -0.25) is 14.9 Å². The smallest absolute Gasteiger partial charge is 0.165 e. The van der Waals surface area contributed by atoms with Gasteiger partial charge in [-0.2, -0.15) is 5.10 Å². The second-order valence-corrected chi connectivity index (χ2v) is 9.52. The van der Waals surface area contributed by atoms with Crippen molar-refractivity contribution in [3.8, 4) is 28.4 Å². The summed E-state index contributed by atoms with van der Waals surface area (Å²) in [6, 6.07) is 9.35. The summed E-state index contributed by atoms with van der Waals surface area (Å²) >= 11 is 0. The maximum atomic E-state index is 14.1. The minimum atomic E-state index is -0.624. The number of nitrogens with one attached hydrogen (secondary N) is 2. The zero-order chi connectivity index (χ0) is 24.1. The zero-order valence-electron chi connectivity index (χ0n) is 19.7. The van der Waals surface area contributed by atoms with Crippen LogP contribution in [0.15, 0.2) is 30.3 Å². The van der Waals surface area contributed by atoms with Crippen molar-refractivity contribution in [2.24, 2.45) is 0 Å². The number of phenols is 1. The van der Waals surface area contributed by atoms with Crippen LogP contribution in [-0.4, -0.2) is 79.0 Å². The fraction of sp³-hybridized carbons (Fsp3) is 0.385. The van der Waals surface area contributed by atoms with Crippen LogP contribution in [0.25, 0.3) is 33.5 Å². The van der Waals surface area contributed by atoms with E-state index in [4.69, 9.17) is 10.1 Å². The number of phenolic OH excluding ortho intramolecular Hbond substituents is 1. The van der Waals surface area contributed by atoms with Gasteiger partial charge < -0.3 is 15.2 Å². The molecule has 1 fully saturated rings. The van der Waals surface area contributed by atoms with Crippen molar-refractivity contribution in [2.45, 2.75) is 32.4 Å². The van der Waals surface area contributed by atoms with Crippen molar-refractivity contribution >= 4 is 10.9 Å². The number of H-pyrrole nitrogens is 2. The lowest BCUT2D eigenvalue weighted by molar-refractivity contribution is 0.0161. The molecule has 2 aliphatic rings. The van der Waals surface area contributed by atoms with Crippen LogP contribution in [0.3, 0.4) is 0 Å². The third kappa shape index (κ3) is 3.89. The van der Waals surface area contributed by atoms with Crippen LogP contribution < -0.4 is 0 Å². The summed E-state index contributed by atoms with van der Waals surface area (Å²) in [5.74, 6) is -0.187. The Morgan fingerprint density at radius 3 is 2.86 bits per heavy atom. The van der Waals surface area contributed by atoms with Gasteiger partial charge in [0.1, 0.15) is 5.69 Å². The normalized spacial score (nSPS) is 17.1. The number of aryl methyl sites for hydroxylation is 1. The molecule has 9 heteroatoms. The Balaban J connectivity index is 1.26. The highest BCUT2D eigenvalue weighted by molar-refractivity contribution is 5.94. The van der Waals surface area contributed by atoms with E-state index in [0.29, 0.717) is 12.5 Å². The second kappa shape index (κ2) is 8.75. The number of aromatic hydroxyl groups is 1. The number of hydrogen-bond acceptors (Lipinski definition) is 6. The van der Waals surface area contributed by atoms with Gasteiger partial charge in [-0.15, -0.1) is 0 Å². The van der Waals surface area contributed by atoms with E-state index >= 15 is 0 Å².